The fraction of sp³-hybridized carbons (Fsp3) is 0.458. The Balaban J connectivity index is 1.17. The van der Waals surface area contributed by atoms with E-state index >= 15 is 0 Å². The van der Waals surface area contributed by atoms with Gasteiger partial charge >= 0.3 is 0 Å². The van der Waals surface area contributed by atoms with Crippen molar-refractivity contribution in [2.75, 3.05) is 26.3 Å². The molecule has 31 heavy (non-hydrogen) atoms. The number of rotatable bonds is 5. The van der Waals surface area contributed by atoms with E-state index in [0.717, 1.165) is 63.1 Å². The van der Waals surface area contributed by atoms with E-state index < -0.39 is 0 Å². The lowest BCUT2D eigenvalue weighted by atomic mass is 9.93. The second kappa shape index (κ2) is 9.16. The molecule has 0 spiro atoms. The van der Waals surface area contributed by atoms with Crippen LogP contribution in [-0.2, 0) is 11.3 Å². The fourth-order valence-corrected chi connectivity index (χ4v) is 4.62. The number of hydrogen-bond acceptors (Lipinski definition) is 6. The zero-order valence-electron chi connectivity index (χ0n) is 17.6. The van der Waals surface area contributed by atoms with Gasteiger partial charge in [-0.1, -0.05) is 23.4 Å². The Morgan fingerprint density at radius 2 is 2.03 bits per heavy atom. The third kappa shape index (κ3) is 4.62. The van der Waals surface area contributed by atoms with Gasteiger partial charge in [-0.3, -0.25) is 14.7 Å². The Hall–Kier alpha value is -2.77. The Labute approximate surface area is 181 Å². The first-order valence-electron chi connectivity index (χ1n) is 11.2. The number of benzene rings is 1. The van der Waals surface area contributed by atoms with E-state index in [0.29, 0.717) is 18.3 Å². The van der Waals surface area contributed by atoms with Crippen LogP contribution in [0.5, 0.6) is 0 Å². The summed E-state index contributed by atoms with van der Waals surface area (Å²) in [7, 11) is 0. The van der Waals surface area contributed by atoms with Crippen molar-refractivity contribution in [3.8, 4) is 0 Å². The number of nitrogens with zero attached hydrogens (tertiary/aromatic N) is 3. The summed E-state index contributed by atoms with van der Waals surface area (Å²) < 4.78 is 10.8. The monoisotopic (exact) mass is 420 g/mol. The van der Waals surface area contributed by atoms with Crippen LogP contribution in [0, 0.1) is 0 Å². The van der Waals surface area contributed by atoms with E-state index in [4.69, 9.17) is 9.26 Å². The number of ether oxygens (including phenoxy) is 1. The number of aromatic nitrogens is 2. The molecular formula is C24H28N4O3. The van der Waals surface area contributed by atoms with Gasteiger partial charge in [0.25, 0.3) is 5.91 Å². The highest BCUT2D eigenvalue weighted by molar-refractivity contribution is 5.91. The molecule has 1 aromatic carbocycles. The highest BCUT2D eigenvalue weighted by Crippen LogP contribution is 2.29. The molecule has 1 amide bonds. The fourth-order valence-electron chi connectivity index (χ4n) is 4.62. The minimum atomic E-state index is -0.198. The van der Waals surface area contributed by atoms with Gasteiger partial charge in [0.2, 0.25) is 5.76 Å². The van der Waals surface area contributed by atoms with Gasteiger partial charge in [-0.05, 0) is 56.5 Å². The maximum absolute atomic E-state index is 12.5. The number of carbonyl (C=O) groups is 1. The maximum Gasteiger partial charge on any atom is 0.290 e. The molecule has 2 aliphatic heterocycles. The molecule has 2 saturated heterocycles. The van der Waals surface area contributed by atoms with Gasteiger partial charge in [0, 0.05) is 36.7 Å². The molecule has 1 atom stereocenters. The summed E-state index contributed by atoms with van der Waals surface area (Å²) in [5, 5.41) is 8.42. The molecule has 3 aromatic rings. The van der Waals surface area contributed by atoms with Crippen LogP contribution in [0.1, 0.15) is 53.4 Å². The van der Waals surface area contributed by atoms with Gasteiger partial charge in [-0.2, -0.15) is 0 Å². The highest BCUT2D eigenvalue weighted by Gasteiger charge is 2.26. The normalized spacial score (nSPS) is 20.7. The number of para-hydroxylation sites is 1. The molecule has 162 valence electrons. The van der Waals surface area contributed by atoms with Gasteiger partial charge in [0.05, 0.1) is 23.9 Å². The first kappa shape index (κ1) is 20.2. The van der Waals surface area contributed by atoms with Gasteiger partial charge in [0.1, 0.15) is 0 Å². The Bertz CT molecular complexity index is 1030. The molecule has 0 aliphatic carbocycles. The molecule has 7 heteroatoms. The summed E-state index contributed by atoms with van der Waals surface area (Å²) in [6.45, 7) is 4.25. The molecule has 0 radical (unpaired) electrons. The molecule has 1 N–H and O–H groups in total. The Morgan fingerprint density at radius 1 is 1.16 bits per heavy atom. The van der Waals surface area contributed by atoms with Crippen LogP contribution in [0.4, 0.5) is 0 Å². The molecule has 0 bridgehead atoms. The molecule has 2 aliphatic rings. The van der Waals surface area contributed by atoms with Crippen LogP contribution in [0.15, 0.2) is 47.1 Å². The summed E-state index contributed by atoms with van der Waals surface area (Å²) in [5.41, 5.74) is 3.25. The number of piperidine rings is 1. The number of hydrogen-bond donors (Lipinski definition) is 1. The third-order valence-corrected chi connectivity index (χ3v) is 6.39. The van der Waals surface area contributed by atoms with Crippen molar-refractivity contribution in [2.45, 2.75) is 44.2 Å². The van der Waals surface area contributed by atoms with Crippen molar-refractivity contribution < 1.29 is 14.1 Å². The van der Waals surface area contributed by atoms with Crippen molar-refractivity contribution in [2.24, 2.45) is 0 Å². The molecule has 4 heterocycles. The van der Waals surface area contributed by atoms with Crippen LogP contribution in [0.25, 0.3) is 10.9 Å². The van der Waals surface area contributed by atoms with E-state index in [-0.39, 0.29) is 11.9 Å². The van der Waals surface area contributed by atoms with Crippen LogP contribution < -0.4 is 5.32 Å². The quantitative estimate of drug-likeness (QED) is 0.680. The van der Waals surface area contributed by atoms with E-state index in [1.54, 1.807) is 0 Å². The number of carbonyl (C=O) groups excluding carboxylic acids is 1. The first-order valence-corrected chi connectivity index (χ1v) is 11.2. The number of likely N-dealkylation sites (tertiary alicyclic amines) is 1. The maximum atomic E-state index is 12.5. The molecule has 0 unspecified atom stereocenters. The lowest BCUT2D eigenvalue weighted by molar-refractivity contribution is 0.0608. The molecule has 5 rings (SSSR count). The Kier molecular flexibility index (Phi) is 5.95. The van der Waals surface area contributed by atoms with Gasteiger partial charge in [-0.15, -0.1) is 0 Å². The largest absolute Gasteiger partial charge is 0.379 e. The highest BCUT2D eigenvalue weighted by atomic mass is 16.5. The van der Waals surface area contributed by atoms with Gasteiger partial charge < -0.3 is 14.6 Å². The van der Waals surface area contributed by atoms with Gasteiger partial charge in [0.15, 0.2) is 0 Å². The van der Waals surface area contributed by atoms with Crippen molar-refractivity contribution in [3.05, 3.63) is 59.6 Å². The predicted molar refractivity (Wildman–Crippen MR) is 117 cm³/mol. The van der Waals surface area contributed by atoms with Crippen LogP contribution in [-0.4, -0.2) is 53.3 Å². The summed E-state index contributed by atoms with van der Waals surface area (Å²) in [6, 6.07) is 12.3. The minimum Gasteiger partial charge on any atom is -0.379 e. The summed E-state index contributed by atoms with van der Waals surface area (Å²) in [6.07, 6.45) is 5.82. The SMILES string of the molecule is O=C(N[C@H]1CCCOC1)c1cc(C2CCN(Cc3ccnc4ccccc34)CC2)no1. The second-order valence-corrected chi connectivity index (χ2v) is 8.54. The average molecular weight is 421 g/mol. The molecule has 2 aromatic heterocycles. The van der Waals surface area contributed by atoms with Crippen molar-refractivity contribution in [3.63, 3.8) is 0 Å². The average Bonchev–Trinajstić information content (AvgIpc) is 3.31. The molecular weight excluding hydrogens is 392 g/mol. The Morgan fingerprint density at radius 3 is 2.87 bits per heavy atom. The zero-order valence-corrected chi connectivity index (χ0v) is 17.6. The van der Waals surface area contributed by atoms with Crippen molar-refractivity contribution in [1.82, 2.24) is 20.4 Å². The minimum absolute atomic E-state index is 0.0577. The molecule has 2 fully saturated rings. The van der Waals surface area contributed by atoms with Crippen molar-refractivity contribution >= 4 is 16.8 Å². The molecule has 0 saturated carbocycles. The standard InChI is InChI=1S/C24H28N4O3/c29-24(26-19-4-3-13-30-16-19)23-14-22(27-31-23)17-8-11-28(12-9-17)15-18-7-10-25-21-6-2-1-5-20(18)21/h1-2,5-7,10,14,17,19H,3-4,8-9,11-13,15-16H2,(H,26,29)/t19-/m0/s1. The first-order chi connectivity index (χ1) is 15.3. The van der Waals surface area contributed by atoms with Crippen LogP contribution >= 0.6 is 0 Å². The van der Waals surface area contributed by atoms with Gasteiger partial charge in [-0.25, -0.2) is 0 Å². The number of nitrogens with one attached hydrogen (secondary N) is 1. The van der Waals surface area contributed by atoms with E-state index in [9.17, 15) is 4.79 Å². The predicted octanol–water partition coefficient (Wildman–Crippen LogP) is 3.51. The number of pyridine rings is 1. The van der Waals surface area contributed by atoms with E-state index in [1.807, 2.05) is 18.3 Å². The summed E-state index contributed by atoms with van der Waals surface area (Å²) >= 11 is 0. The van der Waals surface area contributed by atoms with Crippen LogP contribution in [0.3, 0.4) is 0 Å². The molecule has 7 nitrogen and oxygen atoms in total. The second-order valence-electron chi connectivity index (χ2n) is 8.54. The van der Waals surface area contributed by atoms with Crippen LogP contribution in [0.2, 0.25) is 0 Å². The lowest BCUT2D eigenvalue weighted by Gasteiger charge is -2.31. The van der Waals surface area contributed by atoms with Crippen molar-refractivity contribution in [1.29, 1.82) is 0 Å². The smallest absolute Gasteiger partial charge is 0.290 e. The topological polar surface area (TPSA) is 80.5 Å². The number of amides is 1. The summed E-state index contributed by atoms with van der Waals surface area (Å²) in [4.78, 5) is 19.4. The van der Waals surface area contributed by atoms with E-state index in [1.165, 1.54) is 10.9 Å². The van der Waals surface area contributed by atoms with E-state index in [2.05, 4.69) is 44.6 Å². The number of fused-ring (bicyclic) bond motifs is 1. The lowest BCUT2D eigenvalue weighted by Crippen LogP contribution is -2.40. The third-order valence-electron chi connectivity index (χ3n) is 6.39. The summed E-state index contributed by atoms with van der Waals surface area (Å²) in [5.74, 6) is 0.427. The zero-order chi connectivity index (χ0) is 21.0.